The van der Waals surface area contributed by atoms with Crippen LogP contribution in [0.4, 0.5) is 11.8 Å². The lowest BCUT2D eigenvalue weighted by Gasteiger charge is -2.24. The van der Waals surface area contributed by atoms with Crippen molar-refractivity contribution >= 4 is 11.8 Å². The Morgan fingerprint density at radius 2 is 2.12 bits per heavy atom. The molecule has 1 aromatic heterocycles. The second-order valence-corrected chi connectivity index (χ2v) is 5.03. The van der Waals surface area contributed by atoms with Gasteiger partial charge < -0.3 is 15.8 Å². The maximum Gasteiger partial charge on any atom is 0.225 e. The van der Waals surface area contributed by atoms with E-state index in [1.165, 1.54) is 25.7 Å². The minimum atomic E-state index is 0.239. The first kappa shape index (κ1) is 12.0. The summed E-state index contributed by atoms with van der Waals surface area (Å²) in [6, 6.07) is 1.77. The van der Waals surface area contributed by atoms with E-state index in [1.807, 2.05) is 0 Å². The zero-order valence-corrected chi connectivity index (χ0v) is 10.5. The molecule has 1 saturated carbocycles. The van der Waals surface area contributed by atoms with Crippen LogP contribution in [0.2, 0.25) is 0 Å². The smallest absolute Gasteiger partial charge is 0.225 e. The summed E-state index contributed by atoms with van der Waals surface area (Å²) in [7, 11) is 1.57. The number of aromatic nitrogens is 2. The van der Waals surface area contributed by atoms with Crippen molar-refractivity contribution in [2.24, 2.45) is 5.41 Å². The van der Waals surface area contributed by atoms with Gasteiger partial charge in [0.2, 0.25) is 11.8 Å². The molecule has 0 saturated heterocycles. The molecule has 0 aromatic carbocycles. The Morgan fingerprint density at radius 3 is 2.76 bits per heavy atom. The summed E-state index contributed by atoms with van der Waals surface area (Å²) >= 11 is 0. The van der Waals surface area contributed by atoms with E-state index in [1.54, 1.807) is 13.2 Å². The molecular formula is C12H20N4O. The van der Waals surface area contributed by atoms with Gasteiger partial charge in [-0.05, 0) is 18.3 Å². The predicted octanol–water partition coefficient (Wildman–Crippen LogP) is 2.06. The summed E-state index contributed by atoms with van der Waals surface area (Å²) in [5.74, 6) is 1.47. The van der Waals surface area contributed by atoms with Gasteiger partial charge in [-0.3, -0.25) is 0 Å². The third-order valence-corrected chi connectivity index (χ3v) is 3.44. The van der Waals surface area contributed by atoms with E-state index in [2.05, 4.69) is 22.2 Å². The highest BCUT2D eigenvalue weighted by Gasteiger charge is 2.28. The van der Waals surface area contributed by atoms with Crippen LogP contribution in [-0.2, 0) is 0 Å². The Kier molecular flexibility index (Phi) is 3.36. The van der Waals surface area contributed by atoms with E-state index in [-0.39, 0.29) is 5.95 Å². The van der Waals surface area contributed by atoms with Crippen molar-refractivity contribution in [1.82, 2.24) is 9.97 Å². The summed E-state index contributed by atoms with van der Waals surface area (Å²) in [6.07, 6.45) is 5.20. The van der Waals surface area contributed by atoms with Crippen molar-refractivity contribution in [2.45, 2.75) is 32.6 Å². The number of nitrogens with zero attached hydrogens (tertiary/aromatic N) is 2. The third kappa shape index (κ3) is 2.99. The van der Waals surface area contributed by atoms with Crippen LogP contribution < -0.4 is 15.8 Å². The molecular weight excluding hydrogens is 216 g/mol. The summed E-state index contributed by atoms with van der Waals surface area (Å²) in [4.78, 5) is 8.10. The monoisotopic (exact) mass is 236 g/mol. The summed E-state index contributed by atoms with van der Waals surface area (Å²) in [6.45, 7) is 3.24. The van der Waals surface area contributed by atoms with Crippen LogP contribution in [0.5, 0.6) is 5.88 Å². The second kappa shape index (κ2) is 4.77. The summed E-state index contributed by atoms with van der Waals surface area (Å²) < 4.78 is 5.06. The van der Waals surface area contributed by atoms with Crippen LogP contribution in [0.1, 0.15) is 32.6 Å². The van der Waals surface area contributed by atoms with Gasteiger partial charge in [-0.1, -0.05) is 19.8 Å². The fourth-order valence-corrected chi connectivity index (χ4v) is 2.35. The van der Waals surface area contributed by atoms with Crippen LogP contribution in [0.3, 0.4) is 0 Å². The molecule has 3 N–H and O–H groups in total. The minimum Gasteiger partial charge on any atom is -0.481 e. The van der Waals surface area contributed by atoms with Crippen LogP contribution in [0.15, 0.2) is 6.07 Å². The Labute approximate surface area is 102 Å². The molecule has 0 spiro atoms. The number of ether oxygens (including phenoxy) is 1. The normalized spacial score (nSPS) is 18.0. The molecule has 1 aromatic rings. The zero-order valence-electron chi connectivity index (χ0n) is 10.5. The zero-order chi connectivity index (χ0) is 12.3. The molecule has 94 valence electrons. The Morgan fingerprint density at radius 1 is 1.41 bits per heavy atom. The number of hydrogen-bond donors (Lipinski definition) is 2. The highest BCUT2D eigenvalue weighted by atomic mass is 16.5. The molecule has 0 bridgehead atoms. The molecule has 1 fully saturated rings. The number of nitrogens with two attached hydrogens (primary N) is 1. The van der Waals surface area contributed by atoms with Crippen molar-refractivity contribution in [3.63, 3.8) is 0 Å². The molecule has 1 aliphatic carbocycles. The van der Waals surface area contributed by atoms with Gasteiger partial charge in [0.25, 0.3) is 0 Å². The lowest BCUT2D eigenvalue weighted by Crippen LogP contribution is -2.23. The van der Waals surface area contributed by atoms with Crippen LogP contribution >= 0.6 is 0 Å². The molecule has 5 heteroatoms. The SMILES string of the molecule is COc1cc(NCC2(C)CCCC2)nc(N)n1. The maximum absolute atomic E-state index is 5.61. The van der Waals surface area contributed by atoms with E-state index in [4.69, 9.17) is 10.5 Å². The molecule has 2 rings (SSSR count). The molecule has 1 heterocycles. The molecule has 0 radical (unpaired) electrons. The minimum absolute atomic E-state index is 0.239. The molecule has 0 amide bonds. The van der Waals surface area contributed by atoms with E-state index in [0.717, 1.165) is 12.4 Å². The van der Waals surface area contributed by atoms with Gasteiger partial charge in [-0.15, -0.1) is 0 Å². The summed E-state index contributed by atoms with van der Waals surface area (Å²) in [5.41, 5.74) is 5.99. The quantitative estimate of drug-likeness (QED) is 0.837. The molecule has 1 aliphatic rings. The Bertz CT molecular complexity index is 388. The fraction of sp³-hybridized carbons (Fsp3) is 0.667. The first-order valence-electron chi connectivity index (χ1n) is 6.04. The lowest BCUT2D eigenvalue weighted by molar-refractivity contribution is 0.361. The van der Waals surface area contributed by atoms with Gasteiger partial charge in [-0.25, -0.2) is 0 Å². The number of rotatable bonds is 4. The average molecular weight is 236 g/mol. The van der Waals surface area contributed by atoms with E-state index in [0.29, 0.717) is 11.3 Å². The van der Waals surface area contributed by atoms with Gasteiger partial charge in [0, 0.05) is 12.6 Å². The molecule has 0 aliphatic heterocycles. The molecule has 5 nitrogen and oxygen atoms in total. The Balaban J connectivity index is 2.00. The van der Waals surface area contributed by atoms with Crippen LogP contribution in [0, 0.1) is 5.41 Å². The first-order chi connectivity index (χ1) is 8.11. The van der Waals surface area contributed by atoms with Gasteiger partial charge in [0.05, 0.1) is 7.11 Å². The van der Waals surface area contributed by atoms with Gasteiger partial charge in [0.1, 0.15) is 5.82 Å². The molecule has 0 unspecified atom stereocenters. The fourth-order valence-electron chi connectivity index (χ4n) is 2.35. The van der Waals surface area contributed by atoms with E-state index < -0.39 is 0 Å². The van der Waals surface area contributed by atoms with Gasteiger partial charge in [-0.2, -0.15) is 9.97 Å². The molecule has 17 heavy (non-hydrogen) atoms. The van der Waals surface area contributed by atoms with Gasteiger partial charge in [0.15, 0.2) is 0 Å². The topological polar surface area (TPSA) is 73.1 Å². The Hall–Kier alpha value is -1.52. The standard InChI is InChI=1S/C12H20N4O/c1-12(5-3-4-6-12)8-14-9-7-10(17-2)16-11(13)15-9/h7H,3-6,8H2,1-2H3,(H3,13,14,15,16). The number of anilines is 2. The van der Waals surface area contributed by atoms with E-state index >= 15 is 0 Å². The maximum atomic E-state index is 5.61. The second-order valence-electron chi connectivity index (χ2n) is 5.03. The number of nitrogen functional groups attached to an aromatic ring is 1. The highest BCUT2D eigenvalue weighted by molar-refractivity contribution is 5.42. The average Bonchev–Trinajstić information content (AvgIpc) is 2.73. The largest absolute Gasteiger partial charge is 0.481 e. The van der Waals surface area contributed by atoms with Crippen molar-refractivity contribution < 1.29 is 4.74 Å². The first-order valence-corrected chi connectivity index (χ1v) is 6.04. The van der Waals surface area contributed by atoms with Crippen molar-refractivity contribution in [2.75, 3.05) is 24.7 Å². The lowest BCUT2D eigenvalue weighted by atomic mass is 9.89. The highest BCUT2D eigenvalue weighted by Crippen LogP contribution is 2.37. The summed E-state index contributed by atoms with van der Waals surface area (Å²) in [5, 5.41) is 3.33. The van der Waals surface area contributed by atoms with Gasteiger partial charge >= 0.3 is 0 Å². The van der Waals surface area contributed by atoms with Crippen LogP contribution in [-0.4, -0.2) is 23.6 Å². The van der Waals surface area contributed by atoms with E-state index in [9.17, 15) is 0 Å². The van der Waals surface area contributed by atoms with Crippen molar-refractivity contribution in [3.05, 3.63) is 6.07 Å². The number of nitrogens with one attached hydrogen (secondary N) is 1. The third-order valence-electron chi connectivity index (χ3n) is 3.44. The van der Waals surface area contributed by atoms with Crippen LogP contribution in [0.25, 0.3) is 0 Å². The van der Waals surface area contributed by atoms with Crippen molar-refractivity contribution in [3.8, 4) is 5.88 Å². The number of hydrogen-bond acceptors (Lipinski definition) is 5. The predicted molar refractivity (Wildman–Crippen MR) is 68.1 cm³/mol. The molecule has 0 atom stereocenters. The van der Waals surface area contributed by atoms with Crippen molar-refractivity contribution in [1.29, 1.82) is 0 Å². The number of methoxy groups -OCH3 is 1.